The molecule has 0 spiro atoms. The van der Waals surface area contributed by atoms with Gasteiger partial charge in [0.25, 0.3) is 5.91 Å². The van der Waals surface area contributed by atoms with Crippen molar-refractivity contribution in [3.05, 3.63) is 65.6 Å². The number of rotatable bonds is 5. The molecule has 8 nitrogen and oxygen atoms in total. The van der Waals surface area contributed by atoms with E-state index in [1.807, 2.05) is 6.92 Å². The van der Waals surface area contributed by atoms with Crippen LogP contribution in [-0.2, 0) is 0 Å². The lowest BCUT2D eigenvalue weighted by atomic mass is 10.2. The van der Waals surface area contributed by atoms with Gasteiger partial charge < -0.3 is 4.74 Å². The van der Waals surface area contributed by atoms with E-state index in [-0.39, 0.29) is 11.7 Å². The lowest BCUT2D eigenvalue weighted by molar-refractivity contribution is 0.102. The Morgan fingerprint density at radius 1 is 1.14 bits per heavy atom. The SMILES string of the molecule is COc1ccc(C(=O)Nc2nc(-c3nnn(-c4ccc(F)cc4)c3C)ns2)cc1. The summed E-state index contributed by atoms with van der Waals surface area (Å²) in [5.74, 6) is 0.387. The molecule has 0 aliphatic rings. The molecule has 10 heteroatoms. The highest BCUT2D eigenvalue weighted by Crippen LogP contribution is 2.24. The number of nitrogens with zero attached hydrogens (tertiary/aromatic N) is 5. The highest BCUT2D eigenvalue weighted by Gasteiger charge is 2.18. The highest BCUT2D eigenvalue weighted by atomic mass is 32.1. The summed E-state index contributed by atoms with van der Waals surface area (Å²) in [5, 5.41) is 11.3. The zero-order valence-corrected chi connectivity index (χ0v) is 16.3. The minimum Gasteiger partial charge on any atom is -0.497 e. The molecule has 2 aromatic carbocycles. The largest absolute Gasteiger partial charge is 0.497 e. The van der Waals surface area contributed by atoms with Gasteiger partial charge in [0, 0.05) is 17.1 Å². The first-order valence-electron chi connectivity index (χ1n) is 8.53. The number of ether oxygens (including phenoxy) is 1. The third kappa shape index (κ3) is 3.83. The maximum atomic E-state index is 13.1. The van der Waals surface area contributed by atoms with Crippen molar-refractivity contribution in [1.29, 1.82) is 0 Å². The average Bonchev–Trinajstić information content (AvgIpc) is 3.35. The van der Waals surface area contributed by atoms with E-state index >= 15 is 0 Å². The molecule has 0 radical (unpaired) electrons. The van der Waals surface area contributed by atoms with Gasteiger partial charge in [-0.2, -0.15) is 9.36 Å². The molecule has 0 aliphatic heterocycles. The fraction of sp³-hybridized carbons (Fsp3) is 0.105. The summed E-state index contributed by atoms with van der Waals surface area (Å²) in [6.07, 6.45) is 0. The monoisotopic (exact) mass is 410 g/mol. The molecule has 4 rings (SSSR count). The van der Waals surface area contributed by atoms with E-state index in [0.717, 1.165) is 11.5 Å². The van der Waals surface area contributed by atoms with Gasteiger partial charge in [-0.1, -0.05) is 5.21 Å². The van der Waals surface area contributed by atoms with Crippen LogP contribution in [0.1, 0.15) is 16.1 Å². The lowest BCUT2D eigenvalue weighted by Gasteiger charge is -2.03. The van der Waals surface area contributed by atoms with Crippen molar-refractivity contribution in [3.8, 4) is 23.0 Å². The van der Waals surface area contributed by atoms with Crippen molar-refractivity contribution in [2.45, 2.75) is 6.92 Å². The summed E-state index contributed by atoms with van der Waals surface area (Å²) in [6.45, 7) is 1.81. The molecule has 0 saturated carbocycles. The van der Waals surface area contributed by atoms with Gasteiger partial charge in [0.15, 0.2) is 11.5 Å². The van der Waals surface area contributed by atoms with Crippen LogP contribution < -0.4 is 10.1 Å². The molecule has 0 bridgehead atoms. The van der Waals surface area contributed by atoms with Crippen molar-refractivity contribution in [3.63, 3.8) is 0 Å². The number of aromatic nitrogens is 5. The molecule has 1 N–H and O–H groups in total. The molecule has 0 fully saturated rings. The zero-order chi connectivity index (χ0) is 20.4. The van der Waals surface area contributed by atoms with Crippen LogP contribution in [0.25, 0.3) is 17.2 Å². The number of nitrogens with one attached hydrogen (secondary N) is 1. The van der Waals surface area contributed by atoms with Gasteiger partial charge in [-0.25, -0.2) is 9.07 Å². The van der Waals surface area contributed by atoms with E-state index in [0.29, 0.717) is 39.3 Å². The van der Waals surface area contributed by atoms with Crippen LogP contribution in [0, 0.1) is 12.7 Å². The van der Waals surface area contributed by atoms with Crippen LogP contribution in [0.2, 0.25) is 0 Å². The Labute approximate surface area is 169 Å². The van der Waals surface area contributed by atoms with E-state index in [4.69, 9.17) is 4.74 Å². The first-order valence-corrected chi connectivity index (χ1v) is 9.30. The highest BCUT2D eigenvalue weighted by molar-refractivity contribution is 7.10. The Hall–Kier alpha value is -3.66. The van der Waals surface area contributed by atoms with Crippen molar-refractivity contribution >= 4 is 22.6 Å². The minimum absolute atomic E-state index is 0.304. The van der Waals surface area contributed by atoms with Crippen LogP contribution in [0.4, 0.5) is 9.52 Å². The Balaban J connectivity index is 1.53. The molecule has 0 saturated heterocycles. The van der Waals surface area contributed by atoms with Gasteiger partial charge in [-0.15, -0.1) is 5.10 Å². The lowest BCUT2D eigenvalue weighted by Crippen LogP contribution is -2.11. The maximum absolute atomic E-state index is 13.1. The number of benzene rings is 2. The van der Waals surface area contributed by atoms with E-state index in [9.17, 15) is 9.18 Å². The minimum atomic E-state index is -0.329. The quantitative estimate of drug-likeness (QED) is 0.541. The second-order valence-electron chi connectivity index (χ2n) is 6.02. The van der Waals surface area contributed by atoms with Gasteiger partial charge in [-0.3, -0.25) is 10.1 Å². The van der Waals surface area contributed by atoms with Crippen molar-refractivity contribution < 1.29 is 13.9 Å². The number of methoxy groups -OCH3 is 1. The smallest absolute Gasteiger partial charge is 0.257 e. The van der Waals surface area contributed by atoms with Gasteiger partial charge in [-0.05, 0) is 55.5 Å². The normalized spacial score (nSPS) is 10.7. The van der Waals surface area contributed by atoms with Gasteiger partial charge >= 0.3 is 0 Å². The second-order valence-corrected chi connectivity index (χ2v) is 6.77. The molecule has 0 aliphatic carbocycles. The van der Waals surface area contributed by atoms with Crippen molar-refractivity contribution in [2.75, 3.05) is 12.4 Å². The molecule has 146 valence electrons. The molecule has 1 amide bonds. The van der Waals surface area contributed by atoms with Crippen LogP contribution in [0.3, 0.4) is 0 Å². The zero-order valence-electron chi connectivity index (χ0n) is 15.5. The summed E-state index contributed by atoms with van der Waals surface area (Å²) in [5.41, 5.74) is 2.32. The predicted molar refractivity (Wildman–Crippen MR) is 106 cm³/mol. The van der Waals surface area contributed by atoms with Crippen LogP contribution >= 0.6 is 11.5 Å². The summed E-state index contributed by atoms with van der Waals surface area (Å²) in [7, 11) is 1.56. The number of carbonyl (C=O) groups is 1. The third-order valence-corrected chi connectivity index (χ3v) is 4.81. The summed E-state index contributed by atoms with van der Waals surface area (Å²) in [4.78, 5) is 16.7. The number of amides is 1. The molecular weight excluding hydrogens is 395 g/mol. The number of halogens is 1. The summed E-state index contributed by atoms with van der Waals surface area (Å²) in [6, 6.07) is 12.7. The molecule has 2 heterocycles. The summed E-state index contributed by atoms with van der Waals surface area (Å²) < 4.78 is 24.1. The topological polar surface area (TPSA) is 94.8 Å². The number of carbonyl (C=O) groups excluding carboxylic acids is 1. The molecule has 4 aromatic rings. The Bertz CT molecular complexity index is 1150. The van der Waals surface area contributed by atoms with E-state index in [1.165, 1.54) is 12.1 Å². The molecular formula is C19H15FN6O2S. The van der Waals surface area contributed by atoms with Crippen molar-refractivity contribution in [2.24, 2.45) is 0 Å². The average molecular weight is 410 g/mol. The maximum Gasteiger partial charge on any atom is 0.257 e. The van der Waals surface area contributed by atoms with Crippen LogP contribution in [-0.4, -0.2) is 37.4 Å². The fourth-order valence-corrected chi connectivity index (χ4v) is 3.21. The molecule has 29 heavy (non-hydrogen) atoms. The van der Waals surface area contributed by atoms with Crippen LogP contribution in [0.15, 0.2) is 48.5 Å². The van der Waals surface area contributed by atoms with Gasteiger partial charge in [0.2, 0.25) is 5.13 Å². The molecule has 2 aromatic heterocycles. The first-order chi connectivity index (χ1) is 14.0. The van der Waals surface area contributed by atoms with Gasteiger partial charge in [0.05, 0.1) is 18.5 Å². The van der Waals surface area contributed by atoms with Gasteiger partial charge in [0.1, 0.15) is 11.6 Å². The predicted octanol–water partition coefficient (Wildman–Crippen LogP) is 3.49. The van der Waals surface area contributed by atoms with E-state index in [2.05, 4.69) is 25.0 Å². The van der Waals surface area contributed by atoms with Crippen molar-refractivity contribution in [1.82, 2.24) is 24.4 Å². The summed E-state index contributed by atoms with van der Waals surface area (Å²) >= 11 is 1.05. The Morgan fingerprint density at radius 3 is 2.55 bits per heavy atom. The third-order valence-electron chi connectivity index (χ3n) is 4.18. The first kappa shape index (κ1) is 18.7. The van der Waals surface area contributed by atoms with E-state index in [1.54, 1.807) is 48.2 Å². The molecule has 0 unspecified atom stereocenters. The molecule has 0 atom stereocenters. The Kier molecular flexibility index (Phi) is 5.00. The number of anilines is 1. The van der Waals surface area contributed by atoms with Crippen LogP contribution in [0.5, 0.6) is 5.75 Å². The van der Waals surface area contributed by atoms with E-state index < -0.39 is 0 Å². The number of hydrogen-bond acceptors (Lipinski definition) is 7. The standard InChI is InChI=1S/C19H15FN6O2S/c1-11-16(23-25-26(11)14-7-5-13(20)6-8-14)17-21-19(29-24-17)22-18(27)12-3-9-15(28-2)10-4-12/h3-10H,1-2H3,(H,21,22,24,27). The second kappa shape index (κ2) is 7.76. The Morgan fingerprint density at radius 2 is 1.86 bits per heavy atom. The fourth-order valence-electron chi connectivity index (χ4n) is 2.65. The number of hydrogen-bond donors (Lipinski definition) is 1.